The highest BCUT2D eigenvalue weighted by atomic mass is 16.8. The second kappa shape index (κ2) is 13.2. The van der Waals surface area contributed by atoms with Crippen LogP contribution in [-0.4, -0.2) is 63.9 Å². The van der Waals surface area contributed by atoms with Gasteiger partial charge in [-0.2, -0.15) is 0 Å². The summed E-state index contributed by atoms with van der Waals surface area (Å²) in [6.45, 7) is 8.29. The molecule has 0 amide bonds. The van der Waals surface area contributed by atoms with Crippen LogP contribution in [0, 0.1) is 0 Å². The number of ether oxygens (including phenoxy) is 5. The minimum absolute atomic E-state index is 0.0212. The summed E-state index contributed by atoms with van der Waals surface area (Å²) in [4.78, 5) is 0. The Morgan fingerprint density at radius 3 is 2.33 bits per heavy atom. The lowest BCUT2D eigenvalue weighted by atomic mass is 10.6. The molecular formula is C12H26O6. The maximum atomic E-state index is 8.64. The Kier molecular flexibility index (Phi) is 13.0. The van der Waals surface area contributed by atoms with Crippen molar-refractivity contribution in [2.24, 2.45) is 0 Å². The molecule has 0 spiro atoms. The SMILES string of the molecule is CCOCCOC(COCCO)OC(C)OCC. The van der Waals surface area contributed by atoms with Crippen LogP contribution in [0.15, 0.2) is 0 Å². The first-order valence-corrected chi connectivity index (χ1v) is 6.39. The molecular weight excluding hydrogens is 240 g/mol. The van der Waals surface area contributed by atoms with Gasteiger partial charge in [0.1, 0.15) is 0 Å². The summed E-state index contributed by atoms with van der Waals surface area (Å²) >= 11 is 0. The standard InChI is InChI=1S/C12H26O6/c1-4-14-8-9-17-12(10-15-7-6-13)18-11(3)16-5-2/h11-13H,4-10H2,1-3H3. The maximum Gasteiger partial charge on any atom is 0.183 e. The predicted octanol–water partition coefficient (Wildman–Crippen LogP) is 0.774. The number of aliphatic hydroxyl groups is 1. The smallest absolute Gasteiger partial charge is 0.183 e. The first-order valence-electron chi connectivity index (χ1n) is 6.39. The topological polar surface area (TPSA) is 66.4 Å². The van der Waals surface area contributed by atoms with Crippen LogP contribution in [0.5, 0.6) is 0 Å². The summed E-state index contributed by atoms with van der Waals surface area (Å²) < 4.78 is 26.6. The van der Waals surface area contributed by atoms with Crippen LogP contribution in [-0.2, 0) is 23.7 Å². The third-order valence-corrected chi connectivity index (χ3v) is 1.97. The molecule has 18 heavy (non-hydrogen) atoms. The van der Waals surface area contributed by atoms with Crippen molar-refractivity contribution < 1.29 is 28.8 Å². The van der Waals surface area contributed by atoms with Gasteiger partial charge in [-0.1, -0.05) is 0 Å². The lowest BCUT2D eigenvalue weighted by Crippen LogP contribution is -2.30. The predicted molar refractivity (Wildman–Crippen MR) is 66.3 cm³/mol. The minimum atomic E-state index is -0.515. The maximum absolute atomic E-state index is 8.64. The van der Waals surface area contributed by atoms with Crippen molar-refractivity contribution >= 4 is 0 Å². The molecule has 0 saturated carbocycles. The van der Waals surface area contributed by atoms with Gasteiger partial charge in [-0.25, -0.2) is 0 Å². The van der Waals surface area contributed by atoms with Gasteiger partial charge >= 0.3 is 0 Å². The number of hydrogen-bond acceptors (Lipinski definition) is 6. The van der Waals surface area contributed by atoms with E-state index in [1.54, 1.807) is 6.92 Å². The summed E-state index contributed by atoms with van der Waals surface area (Å²) in [5.74, 6) is 0. The van der Waals surface area contributed by atoms with E-state index < -0.39 is 6.29 Å². The molecule has 0 aliphatic carbocycles. The molecule has 2 unspecified atom stereocenters. The van der Waals surface area contributed by atoms with Gasteiger partial charge in [-0.15, -0.1) is 0 Å². The molecule has 0 heterocycles. The van der Waals surface area contributed by atoms with E-state index in [4.69, 9.17) is 28.8 Å². The summed E-state index contributed by atoms with van der Waals surface area (Å²) in [6, 6.07) is 0. The molecule has 0 bridgehead atoms. The number of rotatable bonds is 13. The molecule has 6 nitrogen and oxygen atoms in total. The van der Waals surface area contributed by atoms with Gasteiger partial charge in [0, 0.05) is 13.2 Å². The second-order valence-corrected chi connectivity index (χ2v) is 3.45. The Morgan fingerprint density at radius 2 is 1.72 bits per heavy atom. The quantitative estimate of drug-likeness (QED) is 0.392. The lowest BCUT2D eigenvalue weighted by Gasteiger charge is -2.22. The molecule has 1 N–H and O–H groups in total. The normalized spacial score (nSPS) is 14.7. The fourth-order valence-corrected chi connectivity index (χ4v) is 1.24. The molecule has 0 radical (unpaired) electrons. The Morgan fingerprint density at radius 1 is 0.944 bits per heavy atom. The highest BCUT2D eigenvalue weighted by Gasteiger charge is 2.14. The van der Waals surface area contributed by atoms with Crippen molar-refractivity contribution in [1.29, 1.82) is 0 Å². The van der Waals surface area contributed by atoms with Crippen molar-refractivity contribution in [3.05, 3.63) is 0 Å². The monoisotopic (exact) mass is 266 g/mol. The van der Waals surface area contributed by atoms with E-state index in [-0.39, 0.29) is 26.1 Å². The molecule has 0 aromatic heterocycles. The van der Waals surface area contributed by atoms with Gasteiger partial charge in [-0.05, 0) is 20.8 Å². The van der Waals surface area contributed by atoms with Crippen molar-refractivity contribution in [3.63, 3.8) is 0 Å². The van der Waals surface area contributed by atoms with Crippen LogP contribution in [0.25, 0.3) is 0 Å². The molecule has 0 aromatic rings. The minimum Gasteiger partial charge on any atom is -0.394 e. The molecule has 0 aromatic carbocycles. The molecule has 0 saturated heterocycles. The fraction of sp³-hybridized carbons (Fsp3) is 1.00. The van der Waals surface area contributed by atoms with E-state index in [1.165, 1.54) is 0 Å². The summed E-state index contributed by atoms with van der Waals surface area (Å²) in [6.07, 6.45) is -0.872. The van der Waals surface area contributed by atoms with Gasteiger partial charge in [0.2, 0.25) is 0 Å². The van der Waals surface area contributed by atoms with Crippen LogP contribution >= 0.6 is 0 Å². The van der Waals surface area contributed by atoms with Crippen LogP contribution in [0.3, 0.4) is 0 Å². The zero-order valence-electron chi connectivity index (χ0n) is 11.6. The average molecular weight is 266 g/mol. The first-order chi connectivity index (χ1) is 8.74. The van der Waals surface area contributed by atoms with E-state index in [2.05, 4.69) is 0 Å². The van der Waals surface area contributed by atoms with E-state index in [9.17, 15) is 0 Å². The van der Waals surface area contributed by atoms with E-state index >= 15 is 0 Å². The van der Waals surface area contributed by atoms with Crippen LogP contribution < -0.4 is 0 Å². The molecule has 0 aliphatic rings. The molecule has 0 aliphatic heterocycles. The van der Waals surface area contributed by atoms with E-state index in [1.807, 2.05) is 13.8 Å². The second-order valence-electron chi connectivity index (χ2n) is 3.45. The Bertz CT molecular complexity index is 167. The summed E-state index contributed by atoms with van der Waals surface area (Å²) in [5, 5.41) is 8.64. The fourth-order valence-electron chi connectivity index (χ4n) is 1.24. The zero-order chi connectivity index (χ0) is 13.6. The molecule has 6 heteroatoms. The first kappa shape index (κ1) is 17.8. The zero-order valence-corrected chi connectivity index (χ0v) is 11.6. The van der Waals surface area contributed by atoms with Crippen molar-refractivity contribution in [3.8, 4) is 0 Å². The van der Waals surface area contributed by atoms with Crippen molar-refractivity contribution in [1.82, 2.24) is 0 Å². The third kappa shape index (κ3) is 10.9. The van der Waals surface area contributed by atoms with Gasteiger partial charge in [-0.3, -0.25) is 0 Å². The molecule has 0 fully saturated rings. The third-order valence-electron chi connectivity index (χ3n) is 1.97. The molecule has 110 valence electrons. The Balaban J connectivity index is 3.83. The van der Waals surface area contributed by atoms with Crippen molar-refractivity contribution in [2.75, 3.05) is 46.2 Å². The average Bonchev–Trinajstić information content (AvgIpc) is 2.35. The lowest BCUT2D eigenvalue weighted by molar-refractivity contribution is -0.254. The van der Waals surface area contributed by atoms with Gasteiger partial charge < -0.3 is 28.8 Å². The highest BCUT2D eigenvalue weighted by molar-refractivity contribution is 4.45. The van der Waals surface area contributed by atoms with Crippen LogP contribution in [0.1, 0.15) is 20.8 Å². The number of hydrogen-bond donors (Lipinski definition) is 1. The molecule has 2 atom stereocenters. The largest absolute Gasteiger partial charge is 0.394 e. The number of aliphatic hydroxyl groups excluding tert-OH is 1. The van der Waals surface area contributed by atoms with Crippen molar-refractivity contribution in [2.45, 2.75) is 33.4 Å². The van der Waals surface area contributed by atoms with E-state index in [0.717, 1.165) is 0 Å². The van der Waals surface area contributed by atoms with Gasteiger partial charge in [0.15, 0.2) is 12.6 Å². The van der Waals surface area contributed by atoms with E-state index in [0.29, 0.717) is 26.4 Å². The van der Waals surface area contributed by atoms with Crippen LogP contribution in [0.4, 0.5) is 0 Å². The molecule has 0 rings (SSSR count). The Labute approximate surface area is 109 Å². The Hall–Kier alpha value is -0.240. The summed E-state index contributed by atoms with van der Waals surface area (Å²) in [5.41, 5.74) is 0. The van der Waals surface area contributed by atoms with Gasteiger partial charge in [0.05, 0.1) is 33.0 Å². The summed E-state index contributed by atoms with van der Waals surface area (Å²) in [7, 11) is 0. The van der Waals surface area contributed by atoms with Gasteiger partial charge in [0.25, 0.3) is 0 Å². The highest BCUT2D eigenvalue weighted by Crippen LogP contribution is 2.03. The van der Waals surface area contributed by atoms with Crippen LogP contribution in [0.2, 0.25) is 0 Å².